The number of H-pyrrole nitrogens is 1. The van der Waals surface area contributed by atoms with Crippen LogP contribution in [0.2, 0.25) is 0 Å². The second kappa shape index (κ2) is 8.18. The lowest BCUT2D eigenvalue weighted by Crippen LogP contribution is -2.19. The van der Waals surface area contributed by atoms with Crippen LogP contribution in [0.25, 0.3) is 0 Å². The summed E-state index contributed by atoms with van der Waals surface area (Å²) in [5.74, 6) is -0.747. The molecule has 0 bridgehead atoms. The fraction of sp³-hybridized carbons (Fsp3) is 0.368. The van der Waals surface area contributed by atoms with E-state index < -0.39 is 11.5 Å². The van der Waals surface area contributed by atoms with Gasteiger partial charge in [-0.05, 0) is 50.8 Å². The number of methoxy groups -OCH3 is 1. The number of aromatic amines is 1. The maximum atomic E-state index is 12.4. The summed E-state index contributed by atoms with van der Waals surface area (Å²) < 4.78 is 4.80. The number of nitrogens with one attached hydrogen (secondary N) is 2. The molecule has 0 aliphatic heterocycles. The molecule has 0 saturated carbocycles. The van der Waals surface area contributed by atoms with Gasteiger partial charge in [0.25, 0.3) is 5.56 Å². The predicted octanol–water partition coefficient (Wildman–Crippen LogP) is 2.90. The van der Waals surface area contributed by atoms with Crippen LogP contribution in [0.1, 0.15) is 49.6 Å². The number of hydrogen-bond acceptors (Lipinski definition) is 6. The van der Waals surface area contributed by atoms with Gasteiger partial charge in [0.15, 0.2) is 0 Å². The Kier molecular flexibility index (Phi) is 6.18. The Bertz CT molecular complexity index is 1010. The van der Waals surface area contributed by atoms with E-state index in [2.05, 4.69) is 10.3 Å². The Labute approximate surface area is 161 Å². The minimum absolute atomic E-state index is 0.0634. The highest BCUT2D eigenvalue weighted by Crippen LogP contribution is 2.33. The van der Waals surface area contributed by atoms with Gasteiger partial charge in [0.05, 0.1) is 12.7 Å². The molecule has 2 aromatic rings. The number of aryl methyl sites for hydroxylation is 2. The lowest BCUT2D eigenvalue weighted by Gasteiger charge is -2.11. The Morgan fingerprint density at radius 3 is 2.48 bits per heavy atom. The first kappa shape index (κ1) is 20.4. The molecule has 1 amide bonds. The summed E-state index contributed by atoms with van der Waals surface area (Å²) >= 11 is 1.33. The van der Waals surface area contributed by atoms with Gasteiger partial charge in [-0.15, -0.1) is 11.3 Å². The van der Waals surface area contributed by atoms with E-state index in [0.717, 1.165) is 16.0 Å². The first-order valence-corrected chi connectivity index (χ1v) is 9.13. The molecule has 0 aliphatic carbocycles. The molecule has 2 rings (SSSR count). The number of nitriles is 1. The summed E-state index contributed by atoms with van der Waals surface area (Å²) in [4.78, 5) is 39.8. The Morgan fingerprint density at radius 1 is 1.22 bits per heavy atom. The number of esters is 1. The highest BCUT2D eigenvalue weighted by molar-refractivity contribution is 7.16. The number of hydrogen-bond donors (Lipinski definition) is 2. The number of carbonyl (C=O) groups excluding carboxylic acids is 2. The van der Waals surface area contributed by atoms with Crippen molar-refractivity contribution in [2.45, 2.75) is 40.5 Å². The number of aromatic nitrogens is 1. The van der Waals surface area contributed by atoms with E-state index in [0.29, 0.717) is 28.2 Å². The summed E-state index contributed by atoms with van der Waals surface area (Å²) in [6.45, 7) is 7.13. The number of nitrogens with zero attached hydrogens (tertiary/aromatic N) is 1. The molecular formula is C19H21N3O4S. The van der Waals surface area contributed by atoms with Crippen LogP contribution in [0.15, 0.2) is 4.79 Å². The average molecular weight is 387 g/mol. The van der Waals surface area contributed by atoms with Crippen molar-refractivity contribution >= 4 is 28.2 Å². The van der Waals surface area contributed by atoms with Crippen molar-refractivity contribution in [2.75, 3.05) is 12.4 Å². The van der Waals surface area contributed by atoms with Gasteiger partial charge in [-0.2, -0.15) is 5.26 Å². The van der Waals surface area contributed by atoms with Gasteiger partial charge in [-0.1, -0.05) is 0 Å². The fourth-order valence-corrected chi connectivity index (χ4v) is 3.98. The second-order valence-electron chi connectivity index (χ2n) is 6.20. The molecule has 0 aliphatic rings. The number of ether oxygens (including phenoxy) is 1. The van der Waals surface area contributed by atoms with Crippen LogP contribution in [0, 0.1) is 39.0 Å². The minimum Gasteiger partial charge on any atom is -0.465 e. The normalized spacial score (nSPS) is 10.4. The third-order valence-corrected chi connectivity index (χ3v) is 5.67. The monoisotopic (exact) mass is 387 g/mol. The van der Waals surface area contributed by atoms with Crippen LogP contribution in [0.3, 0.4) is 0 Å². The molecule has 0 unspecified atom stereocenters. The van der Waals surface area contributed by atoms with Gasteiger partial charge in [-0.25, -0.2) is 4.79 Å². The summed E-state index contributed by atoms with van der Waals surface area (Å²) in [6, 6.07) is 1.90. The maximum absolute atomic E-state index is 12.4. The molecule has 142 valence electrons. The highest BCUT2D eigenvalue weighted by Gasteiger charge is 2.22. The second-order valence-corrected chi connectivity index (χ2v) is 7.42. The Balaban J connectivity index is 2.20. The van der Waals surface area contributed by atoms with Crippen molar-refractivity contribution in [3.63, 3.8) is 0 Å². The fourth-order valence-electron chi connectivity index (χ4n) is 2.91. The molecule has 2 N–H and O–H groups in total. The van der Waals surface area contributed by atoms with E-state index in [1.807, 2.05) is 19.9 Å². The van der Waals surface area contributed by atoms with Gasteiger partial charge in [0.1, 0.15) is 16.6 Å². The molecule has 0 radical (unpaired) electrons. The number of rotatable bonds is 5. The van der Waals surface area contributed by atoms with Crippen molar-refractivity contribution < 1.29 is 14.3 Å². The van der Waals surface area contributed by atoms with Crippen LogP contribution in [0.5, 0.6) is 0 Å². The van der Waals surface area contributed by atoms with E-state index in [1.165, 1.54) is 18.4 Å². The molecule has 0 saturated heterocycles. The van der Waals surface area contributed by atoms with E-state index in [1.54, 1.807) is 13.8 Å². The van der Waals surface area contributed by atoms with E-state index in [9.17, 15) is 14.4 Å². The molecule has 0 fully saturated rings. The number of thiophene rings is 1. The molecule has 27 heavy (non-hydrogen) atoms. The summed E-state index contributed by atoms with van der Waals surface area (Å²) in [5.41, 5.74) is 2.80. The smallest absolute Gasteiger partial charge is 0.341 e. The van der Waals surface area contributed by atoms with Crippen molar-refractivity contribution in [1.82, 2.24) is 4.98 Å². The zero-order valence-electron chi connectivity index (χ0n) is 15.9. The van der Waals surface area contributed by atoms with E-state index >= 15 is 0 Å². The maximum Gasteiger partial charge on any atom is 0.341 e. The van der Waals surface area contributed by atoms with Crippen molar-refractivity contribution in [2.24, 2.45) is 0 Å². The molecule has 0 aromatic carbocycles. The number of amides is 1. The Morgan fingerprint density at radius 2 is 1.89 bits per heavy atom. The van der Waals surface area contributed by atoms with Gasteiger partial charge in [-0.3, -0.25) is 9.59 Å². The number of anilines is 1. The SMILES string of the molecule is COC(=O)c1c(NC(=O)CCc2c(C)[nH]c(=O)c(C#N)c2C)sc(C)c1C. The third kappa shape index (κ3) is 4.09. The zero-order valence-corrected chi connectivity index (χ0v) is 16.7. The zero-order chi connectivity index (χ0) is 20.3. The first-order chi connectivity index (χ1) is 12.7. The first-order valence-electron chi connectivity index (χ1n) is 8.31. The Hall–Kier alpha value is -2.92. The van der Waals surface area contributed by atoms with Crippen LogP contribution < -0.4 is 10.9 Å². The van der Waals surface area contributed by atoms with Crippen molar-refractivity contribution in [3.05, 3.63) is 48.7 Å². The lowest BCUT2D eigenvalue weighted by atomic mass is 9.99. The lowest BCUT2D eigenvalue weighted by molar-refractivity contribution is -0.116. The van der Waals surface area contributed by atoms with Gasteiger partial charge in [0.2, 0.25) is 5.91 Å². The molecule has 7 nitrogen and oxygen atoms in total. The van der Waals surface area contributed by atoms with Crippen LogP contribution >= 0.6 is 11.3 Å². The van der Waals surface area contributed by atoms with Crippen LogP contribution in [-0.2, 0) is 16.0 Å². The quantitative estimate of drug-likeness (QED) is 0.766. The molecule has 8 heteroatoms. The van der Waals surface area contributed by atoms with Gasteiger partial charge < -0.3 is 15.0 Å². The molecule has 0 atom stereocenters. The number of pyridine rings is 1. The molecule has 0 spiro atoms. The molecular weight excluding hydrogens is 366 g/mol. The summed E-state index contributed by atoms with van der Waals surface area (Å²) in [7, 11) is 1.30. The largest absolute Gasteiger partial charge is 0.465 e. The van der Waals surface area contributed by atoms with Crippen LogP contribution in [0.4, 0.5) is 5.00 Å². The third-order valence-electron chi connectivity index (χ3n) is 4.55. The van der Waals surface area contributed by atoms with E-state index in [-0.39, 0.29) is 17.9 Å². The highest BCUT2D eigenvalue weighted by atomic mass is 32.1. The molecule has 2 aromatic heterocycles. The van der Waals surface area contributed by atoms with E-state index in [4.69, 9.17) is 10.00 Å². The summed E-state index contributed by atoms with van der Waals surface area (Å²) in [6.07, 6.45) is 0.515. The predicted molar refractivity (Wildman–Crippen MR) is 103 cm³/mol. The number of carbonyl (C=O) groups is 2. The van der Waals surface area contributed by atoms with Gasteiger partial charge in [0, 0.05) is 17.0 Å². The minimum atomic E-state index is -0.488. The van der Waals surface area contributed by atoms with Gasteiger partial charge >= 0.3 is 5.97 Å². The van der Waals surface area contributed by atoms with Crippen molar-refractivity contribution in [1.29, 1.82) is 5.26 Å². The standard InChI is InChI=1S/C19H21N3O4S/c1-9-12(4)27-18(16(9)19(25)26-5)22-15(23)7-6-13-10(2)14(8-20)17(24)21-11(13)3/h6-7H2,1-5H3,(H,21,24)(H,22,23). The summed E-state index contributed by atoms with van der Waals surface area (Å²) in [5, 5.41) is 12.4. The van der Waals surface area contributed by atoms with Crippen molar-refractivity contribution in [3.8, 4) is 6.07 Å². The average Bonchev–Trinajstić information content (AvgIpc) is 2.87. The van der Waals surface area contributed by atoms with Crippen LogP contribution in [-0.4, -0.2) is 24.0 Å². The topological polar surface area (TPSA) is 112 Å². The molecule has 2 heterocycles.